The molecule has 3 heteroatoms. The monoisotopic (exact) mass is 247 g/mol. The van der Waals surface area contributed by atoms with E-state index in [2.05, 4.69) is 12.1 Å². The van der Waals surface area contributed by atoms with Crippen LogP contribution in [0, 0.1) is 11.8 Å². The van der Waals surface area contributed by atoms with Gasteiger partial charge in [0, 0.05) is 0 Å². The van der Waals surface area contributed by atoms with E-state index in [4.69, 9.17) is 15.2 Å². The van der Waals surface area contributed by atoms with Crippen molar-refractivity contribution in [2.45, 2.75) is 25.7 Å². The maximum Gasteiger partial charge on any atom is 0.161 e. The topological polar surface area (TPSA) is 44.5 Å². The van der Waals surface area contributed by atoms with Crippen molar-refractivity contribution in [3.05, 3.63) is 23.8 Å². The molecular formula is C15H21NO2. The lowest BCUT2D eigenvalue weighted by atomic mass is 9.89. The summed E-state index contributed by atoms with van der Waals surface area (Å²) in [6.45, 7) is 2.14. The highest BCUT2D eigenvalue weighted by Crippen LogP contribution is 2.36. The zero-order chi connectivity index (χ0) is 12.4. The van der Waals surface area contributed by atoms with E-state index in [0.29, 0.717) is 19.1 Å². The van der Waals surface area contributed by atoms with Crippen molar-refractivity contribution in [1.29, 1.82) is 0 Å². The van der Waals surface area contributed by atoms with E-state index in [9.17, 15) is 0 Å². The summed E-state index contributed by atoms with van der Waals surface area (Å²) in [5.74, 6) is 3.24. The largest absolute Gasteiger partial charge is 0.486 e. The van der Waals surface area contributed by atoms with Gasteiger partial charge in [-0.2, -0.15) is 0 Å². The first-order chi connectivity index (χ1) is 8.86. The Bertz CT molecular complexity index is 419. The molecule has 0 aromatic heterocycles. The Hall–Kier alpha value is -1.22. The van der Waals surface area contributed by atoms with Crippen LogP contribution in [-0.4, -0.2) is 19.8 Å². The molecule has 0 bridgehead atoms. The van der Waals surface area contributed by atoms with Crippen LogP contribution in [0.1, 0.15) is 24.8 Å². The number of rotatable bonds is 3. The maximum atomic E-state index is 5.84. The highest BCUT2D eigenvalue weighted by molar-refractivity contribution is 5.43. The van der Waals surface area contributed by atoms with Crippen LogP contribution in [0.4, 0.5) is 0 Å². The fourth-order valence-electron chi connectivity index (χ4n) is 3.21. The van der Waals surface area contributed by atoms with Crippen LogP contribution in [0.3, 0.4) is 0 Å². The summed E-state index contributed by atoms with van der Waals surface area (Å²) < 4.78 is 11.2. The van der Waals surface area contributed by atoms with Gasteiger partial charge in [0.2, 0.25) is 0 Å². The second-order valence-electron chi connectivity index (χ2n) is 5.37. The zero-order valence-electron chi connectivity index (χ0n) is 10.7. The average Bonchev–Trinajstić information content (AvgIpc) is 2.86. The van der Waals surface area contributed by atoms with Crippen LogP contribution in [0.2, 0.25) is 0 Å². The lowest BCUT2D eigenvalue weighted by Crippen LogP contribution is -2.20. The molecule has 18 heavy (non-hydrogen) atoms. The van der Waals surface area contributed by atoms with Gasteiger partial charge >= 0.3 is 0 Å². The van der Waals surface area contributed by atoms with Gasteiger partial charge in [0.1, 0.15) is 13.2 Å². The molecule has 2 unspecified atom stereocenters. The molecule has 0 spiro atoms. The predicted molar refractivity (Wildman–Crippen MR) is 71.0 cm³/mol. The molecular weight excluding hydrogens is 226 g/mol. The third-order valence-corrected chi connectivity index (χ3v) is 4.22. The van der Waals surface area contributed by atoms with Gasteiger partial charge < -0.3 is 15.2 Å². The number of hydrogen-bond donors (Lipinski definition) is 1. The number of hydrogen-bond acceptors (Lipinski definition) is 3. The number of nitrogens with two attached hydrogens (primary N) is 1. The Morgan fingerprint density at radius 1 is 1.06 bits per heavy atom. The highest BCUT2D eigenvalue weighted by atomic mass is 16.6. The molecule has 2 atom stereocenters. The molecule has 1 saturated carbocycles. The molecule has 3 rings (SSSR count). The third kappa shape index (κ3) is 2.32. The van der Waals surface area contributed by atoms with Crippen LogP contribution in [-0.2, 0) is 6.42 Å². The first kappa shape index (κ1) is 11.8. The van der Waals surface area contributed by atoms with Crippen molar-refractivity contribution in [1.82, 2.24) is 0 Å². The second kappa shape index (κ2) is 5.19. The molecule has 1 heterocycles. The first-order valence-corrected chi connectivity index (χ1v) is 6.95. The van der Waals surface area contributed by atoms with Gasteiger partial charge in [-0.15, -0.1) is 0 Å². The summed E-state index contributed by atoms with van der Waals surface area (Å²) in [6, 6.07) is 6.34. The van der Waals surface area contributed by atoms with Gasteiger partial charge in [0.25, 0.3) is 0 Å². The smallest absolute Gasteiger partial charge is 0.161 e. The summed E-state index contributed by atoms with van der Waals surface area (Å²) in [6.07, 6.45) is 5.07. The van der Waals surface area contributed by atoms with Gasteiger partial charge in [0.15, 0.2) is 11.5 Å². The molecule has 1 aliphatic carbocycles. The summed E-state index contributed by atoms with van der Waals surface area (Å²) in [4.78, 5) is 0. The second-order valence-corrected chi connectivity index (χ2v) is 5.37. The van der Waals surface area contributed by atoms with Gasteiger partial charge in [-0.25, -0.2) is 0 Å². The van der Waals surface area contributed by atoms with Crippen molar-refractivity contribution in [2.75, 3.05) is 19.8 Å². The van der Waals surface area contributed by atoms with Crippen molar-refractivity contribution in [3.8, 4) is 11.5 Å². The Morgan fingerprint density at radius 2 is 1.83 bits per heavy atom. The Morgan fingerprint density at radius 3 is 2.67 bits per heavy atom. The van der Waals surface area contributed by atoms with E-state index in [1.54, 1.807) is 0 Å². The van der Waals surface area contributed by atoms with Crippen molar-refractivity contribution in [2.24, 2.45) is 17.6 Å². The molecule has 1 aromatic carbocycles. The highest BCUT2D eigenvalue weighted by Gasteiger charge is 2.26. The van der Waals surface area contributed by atoms with E-state index in [-0.39, 0.29) is 0 Å². The minimum absolute atomic E-state index is 0.657. The molecule has 1 fully saturated rings. The SMILES string of the molecule is NCC1CCCC1Cc1ccc2c(c1)OCCO2. The fourth-order valence-corrected chi connectivity index (χ4v) is 3.21. The fraction of sp³-hybridized carbons (Fsp3) is 0.600. The molecule has 98 valence electrons. The Balaban J connectivity index is 1.72. The molecule has 3 nitrogen and oxygen atoms in total. The average molecular weight is 247 g/mol. The van der Waals surface area contributed by atoms with Crippen molar-refractivity contribution >= 4 is 0 Å². The summed E-state index contributed by atoms with van der Waals surface area (Å²) in [5, 5.41) is 0. The lowest BCUT2D eigenvalue weighted by molar-refractivity contribution is 0.171. The van der Waals surface area contributed by atoms with E-state index in [1.165, 1.54) is 24.8 Å². The van der Waals surface area contributed by atoms with Crippen LogP contribution >= 0.6 is 0 Å². The van der Waals surface area contributed by atoms with Crippen LogP contribution in [0.25, 0.3) is 0 Å². The van der Waals surface area contributed by atoms with E-state index >= 15 is 0 Å². The number of fused-ring (bicyclic) bond motifs is 1. The Labute approximate surface area is 108 Å². The summed E-state index contributed by atoms with van der Waals surface area (Å²) >= 11 is 0. The summed E-state index contributed by atoms with van der Waals surface area (Å²) in [7, 11) is 0. The van der Waals surface area contributed by atoms with E-state index in [1.807, 2.05) is 6.07 Å². The van der Waals surface area contributed by atoms with Gasteiger partial charge in [-0.3, -0.25) is 0 Å². The van der Waals surface area contributed by atoms with Crippen LogP contribution < -0.4 is 15.2 Å². The standard InChI is InChI=1S/C15H21NO2/c16-10-13-3-1-2-12(13)8-11-4-5-14-15(9-11)18-7-6-17-14/h4-5,9,12-13H,1-3,6-8,10,16H2. The van der Waals surface area contributed by atoms with Gasteiger partial charge in [-0.05, 0) is 55.3 Å². The predicted octanol–water partition coefficient (Wildman–Crippen LogP) is 2.38. The number of benzene rings is 1. The summed E-state index contributed by atoms with van der Waals surface area (Å²) in [5.41, 5.74) is 7.20. The molecule has 0 amide bonds. The van der Waals surface area contributed by atoms with E-state index < -0.39 is 0 Å². The van der Waals surface area contributed by atoms with Crippen molar-refractivity contribution in [3.63, 3.8) is 0 Å². The maximum absolute atomic E-state index is 5.84. The minimum Gasteiger partial charge on any atom is -0.486 e. The molecule has 0 saturated heterocycles. The number of ether oxygens (including phenoxy) is 2. The first-order valence-electron chi connectivity index (χ1n) is 6.95. The zero-order valence-corrected chi connectivity index (χ0v) is 10.7. The van der Waals surface area contributed by atoms with Crippen LogP contribution in [0.15, 0.2) is 18.2 Å². The van der Waals surface area contributed by atoms with Gasteiger partial charge in [-0.1, -0.05) is 12.5 Å². The third-order valence-electron chi connectivity index (χ3n) is 4.22. The molecule has 1 aliphatic heterocycles. The lowest BCUT2D eigenvalue weighted by Gasteiger charge is -2.21. The van der Waals surface area contributed by atoms with Crippen molar-refractivity contribution < 1.29 is 9.47 Å². The minimum atomic E-state index is 0.657. The quantitative estimate of drug-likeness (QED) is 0.892. The van der Waals surface area contributed by atoms with E-state index in [0.717, 1.165) is 30.4 Å². The molecule has 1 aromatic rings. The van der Waals surface area contributed by atoms with Gasteiger partial charge in [0.05, 0.1) is 0 Å². The Kier molecular flexibility index (Phi) is 3.41. The normalized spacial score (nSPS) is 26.3. The molecule has 2 aliphatic rings. The molecule has 0 radical (unpaired) electrons. The van der Waals surface area contributed by atoms with Crippen LogP contribution in [0.5, 0.6) is 11.5 Å². The molecule has 2 N–H and O–H groups in total.